The van der Waals surface area contributed by atoms with E-state index in [1.807, 2.05) is 30.3 Å². The molecule has 5 nitrogen and oxygen atoms in total. The minimum Gasteiger partial charge on any atom is -0.496 e. The average Bonchev–Trinajstić information content (AvgIpc) is 2.68. The first-order valence-electron chi connectivity index (χ1n) is 5.14. The number of hydrogen-bond acceptors (Lipinski definition) is 4. The highest BCUT2D eigenvalue weighted by Crippen LogP contribution is 2.29. The fourth-order valence-electron chi connectivity index (χ4n) is 1.94. The van der Waals surface area contributed by atoms with Crippen LogP contribution in [0.1, 0.15) is 0 Å². The topological polar surface area (TPSA) is 78.4 Å². The van der Waals surface area contributed by atoms with Crippen LogP contribution in [0.25, 0.3) is 21.8 Å². The van der Waals surface area contributed by atoms with Crippen molar-refractivity contribution in [2.24, 2.45) is 0 Å². The lowest BCUT2D eigenvalue weighted by molar-refractivity contribution is 0.285. The second-order valence-electron chi connectivity index (χ2n) is 3.65. The van der Waals surface area contributed by atoms with Gasteiger partial charge in [-0.25, -0.2) is 4.98 Å². The van der Waals surface area contributed by atoms with Crippen LogP contribution in [0.3, 0.4) is 0 Å². The van der Waals surface area contributed by atoms with Gasteiger partial charge in [0.15, 0.2) is 0 Å². The Morgan fingerprint density at radius 1 is 1.12 bits per heavy atom. The Kier molecular flexibility index (Phi) is 2.24. The summed E-state index contributed by atoms with van der Waals surface area (Å²) in [6, 6.07) is 9.64. The molecule has 2 aromatic heterocycles. The lowest BCUT2D eigenvalue weighted by Gasteiger charge is -2.03. The molecule has 0 aliphatic rings. The van der Waals surface area contributed by atoms with E-state index in [4.69, 9.17) is 14.7 Å². The molecule has 3 rings (SSSR count). The molecule has 0 atom stereocenters. The number of aromatic amines is 1. The number of benzene rings is 1. The molecule has 0 aliphatic heterocycles. The van der Waals surface area contributed by atoms with Gasteiger partial charge in [-0.2, -0.15) is 0 Å². The van der Waals surface area contributed by atoms with Gasteiger partial charge in [-0.15, -0.1) is 0 Å². The van der Waals surface area contributed by atoms with Gasteiger partial charge in [0.25, 0.3) is 0 Å². The van der Waals surface area contributed by atoms with E-state index in [1.54, 1.807) is 6.20 Å². The second-order valence-corrected chi connectivity index (χ2v) is 3.65. The molecule has 3 N–H and O–H groups in total. The molecule has 0 aliphatic carbocycles. The molecule has 0 saturated heterocycles. The highest BCUT2D eigenvalue weighted by Gasteiger charge is 2.16. The summed E-state index contributed by atoms with van der Waals surface area (Å²) >= 11 is 0. The molecule has 0 bridgehead atoms. The van der Waals surface area contributed by atoms with E-state index >= 15 is 0 Å². The Morgan fingerprint density at radius 3 is 2.76 bits per heavy atom. The van der Waals surface area contributed by atoms with E-state index < -0.39 is 7.32 Å². The van der Waals surface area contributed by atoms with Crippen LogP contribution >= 0.6 is 0 Å². The number of pyridine rings is 1. The maximum Gasteiger partial charge on any atom is 0.708 e. The largest absolute Gasteiger partial charge is 0.708 e. The number of rotatable bonds is 2. The summed E-state index contributed by atoms with van der Waals surface area (Å²) in [5, 5.41) is 19.6. The number of para-hydroxylation sites is 1. The molecular formula is C11H9BN2O3. The minimum atomic E-state index is -1.88. The molecule has 3 aromatic rings. The molecular weight excluding hydrogens is 219 g/mol. The minimum absolute atomic E-state index is 0.175. The third-order valence-corrected chi connectivity index (χ3v) is 2.61. The van der Waals surface area contributed by atoms with Gasteiger partial charge in [-0.3, -0.25) is 0 Å². The number of nitrogens with one attached hydrogen (secondary N) is 1. The van der Waals surface area contributed by atoms with E-state index in [2.05, 4.69) is 9.97 Å². The highest BCUT2D eigenvalue weighted by atomic mass is 16.6. The zero-order valence-corrected chi connectivity index (χ0v) is 8.79. The number of nitrogens with zero attached hydrogens (tertiary/aromatic N) is 1. The van der Waals surface area contributed by atoms with Crippen molar-refractivity contribution in [3.05, 3.63) is 36.5 Å². The lowest BCUT2D eigenvalue weighted by Crippen LogP contribution is -2.21. The first-order valence-corrected chi connectivity index (χ1v) is 5.14. The molecule has 84 valence electrons. The quantitative estimate of drug-likeness (QED) is 0.573. The maximum atomic E-state index is 8.82. The van der Waals surface area contributed by atoms with Crippen molar-refractivity contribution in [1.82, 2.24) is 9.97 Å². The third kappa shape index (κ3) is 1.63. The summed E-state index contributed by atoms with van der Waals surface area (Å²) in [5.74, 6) is 0.175. The normalized spacial score (nSPS) is 10.9. The monoisotopic (exact) mass is 228 g/mol. The van der Waals surface area contributed by atoms with Gasteiger partial charge >= 0.3 is 7.32 Å². The van der Waals surface area contributed by atoms with Gasteiger partial charge in [0.2, 0.25) is 5.88 Å². The molecule has 0 spiro atoms. The molecule has 0 unspecified atom stereocenters. The van der Waals surface area contributed by atoms with Crippen molar-refractivity contribution >= 4 is 29.1 Å². The molecule has 6 heteroatoms. The molecule has 0 amide bonds. The van der Waals surface area contributed by atoms with Gasteiger partial charge in [0, 0.05) is 22.5 Å². The van der Waals surface area contributed by atoms with Crippen LogP contribution in [0.4, 0.5) is 0 Å². The zero-order chi connectivity index (χ0) is 11.8. The highest BCUT2D eigenvalue weighted by molar-refractivity contribution is 6.34. The summed E-state index contributed by atoms with van der Waals surface area (Å²) in [7, 11) is -1.88. The van der Waals surface area contributed by atoms with E-state index in [1.165, 1.54) is 0 Å². The first-order chi connectivity index (χ1) is 8.25. The molecule has 0 fully saturated rings. The molecule has 17 heavy (non-hydrogen) atoms. The lowest BCUT2D eigenvalue weighted by atomic mass is 10.2. The Morgan fingerprint density at radius 2 is 1.94 bits per heavy atom. The predicted molar refractivity (Wildman–Crippen MR) is 64.4 cm³/mol. The summed E-state index contributed by atoms with van der Waals surface area (Å²) in [5.41, 5.74) is 1.61. The standard InChI is InChI=1S/C11H9BN2O3/c15-12(16)17-11-10-8(5-6-13-11)7-3-1-2-4-9(7)14-10/h1-6,14-16H. The van der Waals surface area contributed by atoms with Crippen LogP contribution < -0.4 is 4.65 Å². The second kappa shape index (κ2) is 3.76. The summed E-state index contributed by atoms with van der Waals surface area (Å²) < 4.78 is 4.83. The first kappa shape index (κ1) is 10.1. The predicted octanol–water partition coefficient (Wildman–Crippen LogP) is 1.06. The van der Waals surface area contributed by atoms with Crippen molar-refractivity contribution in [2.45, 2.75) is 0 Å². The van der Waals surface area contributed by atoms with E-state index in [-0.39, 0.29) is 5.88 Å². The van der Waals surface area contributed by atoms with Crippen LogP contribution in [-0.4, -0.2) is 27.3 Å². The summed E-state index contributed by atoms with van der Waals surface area (Å²) in [4.78, 5) is 7.11. The van der Waals surface area contributed by atoms with Gasteiger partial charge in [0.05, 0.1) is 0 Å². The van der Waals surface area contributed by atoms with Crippen LogP contribution in [0.5, 0.6) is 5.88 Å². The Bertz CT molecular complexity index is 681. The van der Waals surface area contributed by atoms with Crippen molar-refractivity contribution in [3.63, 3.8) is 0 Å². The Balaban J connectivity index is 2.31. The van der Waals surface area contributed by atoms with Gasteiger partial charge in [0.1, 0.15) is 5.52 Å². The fourth-order valence-corrected chi connectivity index (χ4v) is 1.94. The SMILES string of the molecule is OB(O)Oc1nccc2c1[nH]c1ccccc12. The van der Waals surface area contributed by atoms with E-state index in [9.17, 15) is 0 Å². The molecule has 2 heterocycles. The molecule has 1 aromatic carbocycles. The number of hydrogen-bond donors (Lipinski definition) is 3. The van der Waals surface area contributed by atoms with Crippen molar-refractivity contribution in [1.29, 1.82) is 0 Å². The van der Waals surface area contributed by atoms with Crippen molar-refractivity contribution in [2.75, 3.05) is 0 Å². The Hall–Kier alpha value is -2.05. The van der Waals surface area contributed by atoms with E-state index in [0.717, 1.165) is 16.3 Å². The van der Waals surface area contributed by atoms with Gasteiger partial charge in [-0.1, -0.05) is 18.2 Å². The summed E-state index contributed by atoms with van der Waals surface area (Å²) in [6.07, 6.45) is 1.57. The average molecular weight is 228 g/mol. The Labute approximate surface area is 96.9 Å². The van der Waals surface area contributed by atoms with Crippen molar-refractivity contribution < 1.29 is 14.7 Å². The van der Waals surface area contributed by atoms with Gasteiger partial charge in [-0.05, 0) is 12.1 Å². The third-order valence-electron chi connectivity index (χ3n) is 2.61. The van der Waals surface area contributed by atoms with Crippen LogP contribution in [0, 0.1) is 0 Å². The van der Waals surface area contributed by atoms with Crippen LogP contribution in [-0.2, 0) is 0 Å². The van der Waals surface area contributed by atoms with Gasteiger partial charge < -0.3 is 19.7 Å². The fraction of sp³-hybridized carbons (Fsp3) is 0. The van der Waals surface area contributed by atoms with Crippen LogP contribution in [0.2, 0.25) is 0 Å². The van der Waals surface area contributed by atoms with Crippen molar-refractivity contribution in [3.8, 4) is 5.88 Å². The van der Waals surface area contributed by atoms with Crippen LogP contribution in [0.15, 0.2) is 36.5 Å². The zero-order valence-electron chi connectivity index (χ0n) is 8.79. The molecule has 0 radical (unpaired) electrons. The molecule has 0 saturated carbocycles. The smallest absolute Gasteiger partial charge is 0.496 e. The number of aromatic nitrogens is 2. The number of fused-ring (bicyclic) bond motifs is 3. The maximum absolute atomic E-state index is 8.82. The summed E-state index contributed by atoms with van der Waals surface area (Å²) in [6.45, 7) is 0. The van der Waals surface area contributed by atoms with E-state index in [0.29, 0.717) is 5.52 Å². The number of H-pyrrole nitrogens is 1.